The molecule has 1 aliphatic rings. The first kappa shape index (κ1) is 13.2. The van der Waals surface area contributed by atoms with Crippen LogP contribution in [0.2, 0.25) is 0 Å². The van der Waals surface area contributed by atoms with Crippen LogP contribution in [-0.2, 0) is 4.74 Å². The summed E-state index contributed by atoms with van der Waals surface area (Å²) < 4.78 is 7.90. The van der Waals surface area contributed by atoms with Gasteiger partial charge in [-0.25, -0.2) is 4.98 Å². The fraction of sp³-hybridized carbons (Fsp3) is 0.462. The summed E-state index contributed by atoms with van der Waals surface area (Å²) in [6.45, 7) is 6.05. The van der Waals surface area contributed by atoms with Crippen molar-refractivity contribution in [3.05, 3.63) is 18.2 Å². The standard InChI is InChI=1S/C13H17N3OS2/c1-8-6-16(7-9(2)17-8)10-4-3-5-11-12(10)15-13(18-11)19-14/h3-5,8-9H,6-7,14H2,1-2H3. The third kappa shape index (κ3) is 2.58. The maximum Gasteiger partial charge on any atom is 0.165 e. The lowest BCUT2D eigenvalue weighted by Crippen LogP contribution is -2.45. The highest BCUT2D eigenvalue weighted by molar-refractivity contribution is 7.99. The Hall–Kier alpha value is -0.820. The van der Waals surface area contributed by atoms with E-state index in [4.69, 9.17) is 9.88 Å². The summed E-state index contributed by atoms with van der Waals surface area (Å²) >= 11 is 2.86. The van der Waals surface area contributed by atoms with Gasteiger partial charge in [-0.05, 0) is 37.9 Å². The number of nitrogens with zero attached hydrogens (tertiary/aromatic N) is 2. The Morgan fingerprint density at radius 2 is 2.11 bits per heavy atom. The minimum absolute atomic E-state index is 0.251. The fourth-order valence-corrected chi connectivity index (χ4v) is 3.92. The summed E-state index contributed by atoms with van der Waals surface area (Å²) in [6, 6.07) is 6.33. The van der Waals surface area contributed by atoms with Gasteiger partial charge in [0, 0.05) is 13.1 Å². The van der Waals surface area contributed by atoms with Gasteiger partial charge in [-0.1, -0.05) is 6.07 Å². The highest BCUT2D eigenvalue weighted by Gasteiger charge is 2.24. The quantitative estimate of drug-likeness (QED) is 0.863. The molecule has 1 saturated heterocycles. The molecular weight excluding hydrogens is 278 g/mol. The van der Waals surface area contributed by atoms with Gasteiger partial charge in [-0.15, -0.1) is 11.3 Å². The monoisotopic (exact) mass is 295 g/mol. The second-order valence-corrected chi connectivity index (χ2v) is 6.80. The van der Waals surface area contributed by atoms with Crippen molar-refractivity contribution in [3.63, 3.8) is 0 Å². The average molecular weight is 295 g/mol. The summed E-state index contributed by atoms with van der Waals surface area (Å²) in [5, 5.41) is 5.62. The van der Waals surface area contributed by atoms with Crippen LogP contribution in [0.15, 0.2) is 22.5 Å². The molecule has 0 aliphatic carbocycles. The number of para-hydroxylation sites is 1. The van der Waals surface area contributed by atoms with E-state index in [1.165, 1.54) is 22.3 Å². The van der Waals surface area contributed by atoms with Crippen molar-refractivity contribution in [1.82, 2.24) is 4.98 Å². The van der Waals surface area contributed by atoms with Crippen molar-refractivity contribution < 1.29 is 4.74 Å². The van der Waals surface area contributed by atoms with Crippen LogP contribution in [0.1, 0.15) is 13.8 Å². The van der Waals surface area contributed by atoms with Crippen molar-refractivity contribution in [2.24, 2.45) is 5.14 Å². The van der Waals surface area contributed by atoms with Crippen LogP contribution in [0.5, 0.6) is 0 Å². The number of hydrogen-bond acceptors (Lipinski definition) is 6. The molecule has 0 bridgehead atoms. The van der Waals surface area contributed by atoms with E-state index in [0.717, 1.165) is 22.9 Å². The zero-order valence-electron chi connectivity index (χ0n) is 11.0. The third-order valence-electron chi connectivity index (χ3n) is 3.24. The molecule has 2 N–H and O–H groups in total. The van der Waals surface area contributed by atoms with Crippen molar-refractivity contribution >= 4 is 39.2 Å². The van der Waals surface area contributed by atoms with Crippen LogP contribution in [-0.4, -0.2) is 30.3 Å². The molecule has 102 valence electrons. The van der Waals surface area contributed by atoms with Crippen LogP contribution in [0.25, 0.3) is 10.2 Å². The molecular formula is C13H17N3OS2. The molecule has 1 fully saturated rings. The molecule has 2 unspecified atom stereocenters. The zero-order chi connectivity index (χ0) is 13.4. The predicted octanol–water partition coefficient (Wildman–Crippen LogP) is 2.88. The molecule has 1 aromatic carbocycles. The van der Waals surface area contributed by atoms with E-state index in [1.807, 2.05) is 0 Å². The Morgan fingerprint density at radius 1 is 1.37 bits per heavy atom. The van der Waals surface area contributed by atoms with Crippen LogP contribution >= 0.6 is 23.3 Å². The van der Waals surface area contributed by atoms with Gasteiger partial charge >= 0.3 is 0 Å². The lowest BCUT2D eigenvalue weighted by Gasteiger charge is -2.36. The van der Waals surface area contributed by atoms with Crippen LogP contribution in [0, 0.1) is 0 Å². The first-order valence-corrected chi connectivity index (χ1v) is 8.03. The highest BCUT2D eigenvalue weighted by atomic mass is 32.2. The van der Waals surface area contributed by atoms with Crippen LogP contribution in [0.3, 0.4) is 0 Å². The maximum atomic E-state index is 5.79. The minimum Gasteiger partial charge on any atom is -0.372 e. The molecule has 2 aromatic rings. The van der Waals surface area contributed by atoms with Gasteiger partial charge in [0.25, 0.3) is 0 Å². The van der Waals surface area contributed by atoms with E-state index < -0.39 is 0 Å². The number of fused-ring (bicyclic) bond motifs is 1. The molecule has 0 radical (unpaired) electrons. The average Bonchev–Trinajstić information content (AvgIpc) is 2.80. The van der Waals surface area contributed by atoms with Crippen molar-refractivity contribution in [2.45, 2.75) is 30.4 Å². The summed E-state index contributed by atoms with van der Waals surface area (Å²) in [6.07, 6.45) is 0.502. The number of thiazole rings is 1. The molecule has 2 atom stereocenters. The molecule has 6 heteroatoms. The van der Waals surface area contributed by atoms with Gasteiger partial charge in [0.1, 0.15) is 5.52 Å². The second kappa shape index (κ2) is 5.28. The van der Waals surface area contributed by atoms with Gasteiger partial charge in [0.15, 0.2) is 4.34 Å². The number of morpholine rings is 1. The van der Waals surface area contributed by atoms with Gasteiger partial charge in [-0.3, -0.25) is 5.14 Å². The molecule has 0 amide bonds. The van der Waals surface area contributed by atoms with E-state index in [0.29, 0.717) is 0 Å². The minimum atomic E-state index is 0.251. The Kier molecular flexibility index (Phi) is 3.66. The van der Waals surface area contributed by atoms with Crippen LogP contribution < -0.4 is 10.0 Å². The number of ether oxygens (including phenoxy) is 1. The summed E-state index contributed by atoms with van der Waals surface area (Å²) in [7, 11) is 0. The van der Waals surface area contributed by atoms with Crippen molar-refractivity contribution in [1.29, 1.82) is 0 Å². The number of aromatic nitrogens is 1. The molecule has 3 rings (SSSR count). The molecule has 0 spiro atoms. The Labute approximate surface area is 121 Å². The maximum absolute atomic E-state index is 5.79. The zero-order valence-corrected chi connectivity index (χ0v) is 12.6. The number of benzene rings is 1. The lowest BCUT2D eigenvalue weighted by atomic mass is 10.2. The Bertz CT molecular complexity index is 576. The van der Waals surface area contributed by atoms with Crippen LogP contribution in [0.4, 0.5) is 5.69 Å². The van der Waals surface area contributed by atoms with E-state index in [-0.39, 0.29) is 12.2 Å². The lowest BCUT2D eigenvalue weighted by molar-refractivity contribution is -0.00514. The molecule has 1 aromatic heterocycles. The normalized spacial score (nSPS) is 24.1. The molecule has 19 heavy (non-hydrogen) atoms. The van der Waals surface area contributed by atoms with Gasteiger partial charge in [-0.2, -0.15) is 0 Å². The summed E-state index contributed by atoms with van der Waals surface area (Å²) in [5.41, 5.74) is 2.25. The van der Waals surface area contributed by atoms with Gasteiger partial charge in [0.2, 0.25) is 0 Å². The first-order valence-electron chi connectivity index (χ1n) is 6.34. The highest BCUT2D eigenvalue weighted by Crippen LogP contribution is 2.34. The largest absolute Gasteiger partial charge is 0.372 e. The molecule has 1 aliphatic heterocycles. The number of nitrogens with two attached hydrogens (primary N) is 1. The van der Waals surface area contributed by atoms with E-state index >= 15 is 0 Å². The van der Waals surface area contributed by atoms with E-state index in [2.05, 4.69) is 41.9 Å². The molecule has 2 heterocycles. The SMILES string of the molecule is CC1CN(c2cccc3sc(SN)nc23)CC(C)O1. The molecule has 4 nitrogen and oxygen atoms in total. The van der Waals surface area contributed by atoms with E-state index in [1.54, 1.807) is 11.3 Å². The number of anilines is 1. The molecule has 0 saturated carbocycles. The topological polar surface area (TPSA) is 51.4 Å². The number of rotatable bonds is 2. The fourth-order valence-electron chi connectivity index (χ4n) is 2.59. The van der Waals surface area contributed by atoms with Gasteiger partial charge < -0.3 is 9.64 Å². The van der Waals surface area contributed by atoms with Crippen molar-refractivity contribution in [3.8, 4) is 0 Å². The van der Waals surface area contributed by atoms with Gasteiger partial charge in [0.05, 0.1) is 22.6 Å². The predicted molar refractivity (Wildman–Crippen MR) is 81.9 cm³/mol. The second-order valence-electron chi connectivity index (χ2n) is 4.88. The Morgan fingerprint density at radius 3 is 2.79 bits per heavy atom. The first-order chi connectivity index (χ1) is 9.17. The van der Waals surface area contributed by atoms with E-state index in [9.17, 15) is 0 Å². The summed E-state index contributed by atoms with van der Waals surface area (Å²) in [4.78, 5) is 7.00. The number of hydrogen-bond donors (Lipinski definition) is 1. The Balaban J connectivity index is 2.01. The third-order valence-corrected chi connectivity index (χ3v) is 4.89. The van der Waals surface area contributed by atoms with Crippen molar-refractivity contribution in [2.75, 3.05) is 18.0 Å². The smallest absolute Gasteiger partial charge is 0.165 e. The summed E-state index contributed by atoms with van der Waals surface area (Å²) in [5.74, 6) is 0.